The van der Waals surface area contributed by atoms with E-state index in [4.69, 9.17) is 0 Å². The van der Waals surface area contributed by atoms with Crippen molar-refractivity contribution >= 4 is 16.8 Å². The molecule has 2 aromatic rings. The molecule has 0 aliphatic heterocycles. The van der Waals surface area contributed by atoms with Crippen molar-refractivity contribution in [3.05, 3.63) is 45.7 Å². The quantitative estimate of drug-likeness (QED) is 0.772. The molecule has 0 bridgehead atoms. The van der Waals surface area contributed by atoms with E-state index in [1.54, 1.807) is 6.92 Å². The van der Waals surface area contributed by atoms with Crippen molar-refractivity contribution in [2.75, 3.05) is 6.54 Å². The summed E-state index contributed by atoms with van der Waals surface area (Å²) >= 11 is 0. The first-order valence-electron chi connectivity index (χ1n) is 7.99. The molecule has 2 rings (SSSR count). The van der Waals surface area contributed by atoms with E-state index < -0.39 is 0 Å². The van der Waals surface area contributed by atoms with Crippen LogP contribution < -0.4 is 10.9 Å². The number of fused-ring (bicyclic) bond motifs is 1. The van der Waals surface area contributed by atoms with E-state index in [1.165, 1.54) is 0 Å². The summed E-state index contributed by atoms with van der Waals surface area (Å²) in [4.78, 5) is 26.2. The number of hydrogen-bond donors (Lipinski definition) is 2. The van der Waals surface area contributed by atoms with Gasteiger partial charge in [-0.2, -0.15) is 0 Å². The summed E-state index contributed by atoms with van der Waals surface area (Å²) in [7, 11) is 0. The second-order valence-corrected chi connectivity index (χ2v) is 5.76. The van der Waals surface area contributed by atoms with Crippen LogP contribution in [0.4, 0.5) is 0 Å². The molecule has 0 unspecified atom stereocenters. The van der Waals surface area contributed by atoms with Crippen LogP contribution in [0.15, 0.2) is 29.1 Å². The molecule has 4 nitrogen and oxygen atoms in total. The maximum Gasteiger partial charge on any atom is 0.251 e. The molecule has 22 heavy (non-hydrogen) atoms. The summed E-state index contributed by atoms with van der Waals surface area (Å²) in [5.74, 6) is 0.105. The van der Waals surface area contributed by atoms with Crippen molar-refractivity contribution in [2.24, 2.45) is 0 Å². The summed E-state index contributed by atoms with van der Waals surface area (Å²) < 4.78 is 0. The van der Waals surface area contributed by atoms with Crippen LogP contribution in [0.5, 0.6) is 0 Å². The molecule has 0 fully saturated rings. The van der Waals surface area contributed by atoms with Crippen LogP contribution in [0, 0.1) is 6.92 Å². The maximum atomic E-state index is 11.8. The number of hydrogen-bond acceptors (Lipinski definition) is 2. The number of pyridine rings is 1. The zero-order valence-electron chi connectivity index (χ0n) is 13.4. The molecule has 1 aromatic carbocycles. The molecule has 4 heteroatoms. The molecule has 0 aliphatic rings. The van der Waals surface area contributed by atoms with Crippen LogP contribution >= 0.6 is 0 Å². The fraction of sp³-hybridized carbons (Fsp3) is 0.444. The van der Waals surface area contributed by atoms with E-state index in [-0.39, 0.29) is 11.5 Å². The molecule has 2 N–H and O–H groups in total. The number of benzene rings is 1. The Labute approximate surface area is 130 Å². The lowest BCUT2D eigenvalue weighted by Gasteiger charge is -2.06. The number of rotatable bonds is 7. The molecule has 0 radical (unpaired) electrons. The summed E-state index contributed by atoms with van der Waals surface area (Å²) in [6.45, 7) is 4.72. The summed E-state index contributed by atoms with van der Waals surface area (Å²) in [6.07, 6.45) is 4.58. The number of carbonyl (C=O) groups is 1. The molecule has 0 aliphatic carbocycles. The Bertz CT molecular complexity index is 704. The minimum absolute atomic E-state index is 0.0493. The van der Waals surface area contributed by atoms with Gasteiger partial charge in [-0.15, -0.1) is 0 Å². The molecule has 1 aromatic heterocycles. The Kier molecular flexibility index (Phi) is 5.75. The van der Waals surface area contributed by atoms with E-state index in [0.29, 0.717) is 18.4 Å². The van der Waals surface area contributed by atoms with E-state index >= 15 is 0 Å². The third-order valence-electron chi connectivity index (χ3n) is 3.84. The summed E-state index contributed by atoms with van der Waals surface area (Å²) in [5, 5.41) is 3.97. The lowest BCUT2D eigenvalue weighted by Crippen LogP contribution is -2.24. The van der Waals surface area contributed by atoms with Crippen LogP contribution in [0.1, 0.15) is 43.7 Å². The lowest BCUT2D eigenvalue weighted by molar-refractivity contribution is -0.121. The number of H-pyrrole nitrogens is 1. The van der Waals surface area contributed by atoms with Gasteiger partial charge < -0.3 is 10.3 Å². The number of unbranched alkanes of at least 4 members (excludes halogenated alkanes) is 2. The molecule has 1 heterocycles. The lowest BCUT2D eigenvalue weighted by atomic mass is 10.1. The zero-order chi connectivity index (χ0) is 15.9. The van der Waals surface area contributed by atoms with Crippen molar-refractivity contribution < 1.29 is 4.79 Å². The van der Waals surface area contributed by atoms with Gasteiger partial charge in [-0.1, -0.05) is 25.8 Å². The Morgan fingerprint density at radius 2 is 2.05 bits per heavy atom. The third kappa shape index (κ3) is 4.45. The maximum absolute atomic E-state index is 11.8. The smallest absolute Gasteiger partial charge is 0.251 e. The fourth-order valence-electron chi connectivity index (χ4n) is 2.47. The molecule has 0 spiro atoms. The molecule has 0 saturated heterocycles. The number of carbonyl (C=O) groups excluding carboxylic acids is 1. The topological polar surface area (TPSA) is 62.0 Å². The average Bonchev–Trinajstić information content (AvgIpc) is 2.51. The highest BCUT2D eigenvalue weighted by atomic mass is 16.1. The SMILES string of the molecule is CCCCCNC(=O)CCc1ccc2[nH]c(=O)c(C)cc2c1. The van der Waals surface area contributed by atoms with Gasteiger partial charge in [-0.3, -0.25) is 9.59 Å². The molecular weight excluding hydrogens is 276 g/mol. The Morgan fingerprint density at radius 3 is 2.82 bits per heavy atom. The van der Waals surface area contributed by atoms with Crippen molar-refractivity contribution in [3.63, 3.8) is 0 Å². The van der Waals surface area contributed by atoms with Gasteiger partial charge in [0.25, 0.3) is 5.56 Å². The summed E-state index contributed by atoms with van der Waals surface area (Å²) in [6, 6.07) is 7.81. The number of aromatic nitrogens is 1. The molecule has 0 saturated carbocycles. The highest BCUT2D eigenvalue weighted by Gasteiger charge is 2.04. The van der Waals surface area contributed by atoms with Gasteiger partial charge in [0.2, 0.25) is 5.91 Å². The number of amides is 1. The predicted octanol–water partition coefficient (Wildman–Crippen LogP) is 3.08. The van der Waals surface area contributed by atoms with Crippen LogP contribution in [-0.4, -0.2) is 17.4 Å². The first-order chi connectivity index (χ1) is 10.6. The van der Waals surface area contributed by atoms with Crippen molar-refractivity contribution in [1.82, 2.24) is 10.3 Å². The fourth-order valence-corrected chi connectivity index (χ4v) is 2.47. The molecule has 118 valence electrons. The number of aryl methyl sites for hydroxylation is 2. The monoisotopic (exact) mass is 300 g/mol. The van der Waals surface area contributed by atoms with E-state index in [2.05, 4.69) is 17.2 Å². The van der Waals surface area contributed by atoms with Crippen LogP contribution in [-0.2, 0) is 11.2 Å². The number of aromatic amines is 1. The van der Waals surface area contributed by atoms with Gasteiger partial charge >= 0.3 is 0 Å². The van der Waals surface area contributed by atoms with Gasteiger partial charge in [0.15, 0.2) is 0 Å². The first-order valence-corrected chi connectivity index (χ1v) is 7.99. The van der Waals surface area contributed by atoms with Crippen molar-refractivity contribution in [3.8, 4) is 0 Å². The Balaban J connectivity index is 1.93. The Morgan fingerprint density at radius 1 is 1.23 bits per heavy atom. The zero-order valence-corrected chi connectivity index (χ0v) is 13.4. The van der Waals surface area contributed by atoms with Gasteiger partial charge in [-0.05, 0) is 48.9 Å². The third-order valence-corrected chi connectivity index (χ3v) is 3.84. The number of nitrogens with one attached hydrogen (secondary N) is 2. The standard InChI is InChI=1S/C18H24N2O2/c1-3-4-5-10-19-17(21)9-7-14-6-8-16-15(12-14)11-13(2)18(22)20-16/h6,8,11-12H,3-5,7,9-10H2,1-2H3,(H,19,21)(H,20,22). The molecule has 1 amide bonds. The molecule has 0 atom stereocenters. The minimum Gasteiger partial charge on any atom is -0.356 e. The second kappa shape index (κ2) is 7.78. The highest BCUT2D eigenvalue weighted by Crippen LogP contribution is 2.14. The van der Waals surface area contributed by atoms with Crippen LogP contribution in [0.2, 0.25) is 0 Å². The van der Waals surface area contributed by atoms with Crippen LogP contribution in [0.3, 0.4) is 0 Å². The van der Waals surface area contributed by atoms with Gasteiger partial charge in [0, 0.05) is 24.0 Å². The van der Waals surface area contributed by atoms with E-state index in [0.717, 1.165) is 42.3 Å². The molecular formula is C18H24N2O2. The Hall–Kier alpha value is -2.10. The predicted molar refractivity (Wildman–Crippen MR) is 90.2 cm³/mol. The van der Waals surface area contributed by atoms with Crippen molar-refractivity contribution in [1.29, 1.82) is 0 Å². The summed E-state index contributed by atoms with van der Waals surface area (Å²) in [5.41, 5.74) is 2.61. The van der Waals surface area contributed by atoms with Gasteiger partial charge in [-0.25, -0.2) is 0 Å². The van der Waals surface area contributed by atoms with Gasteiger partial charge in [0.05, 0.1) is 0 Å². The van der Waals surface area contributed by atoms with Gasteiger partial charge in [0.1, 0.15) is 0 Å². The van der Waals surface area contributed by atoms with E-state index in [1.807, 2.05) is 24.3 Å². The highest BCUT2D eigenvalue weighted by molar-refractivity contribution is 5.80. The van der Waals surface area contributed by atoms with Crippen molar-refractivity contribution in [2.45, 2.75) is 46.0 Å². The second-order valence-electron chi connectivity index (χ2n) is 5.76. The van der Waals surface area contributed by atoms with E-state index in [9.17, 15) is 9.59 Å². The first kappa shape index (κ1) is 16.3. The normalized spacial score (nSPS) is 10.8. The van der Waals surface area contributed by atoms with Crippen LogP contribution in [0.25, 0.3) is 10.9 Å². The average molecular weight is 300 g/mol. The largest absolute Gasteiger partial charge is 0.356 e. The minimum atomic E-state index is -0.0493.